The summed E-state index contributed by atoms with van der Waals surface area (Å²) >= 11 is 0. The highest BCUT2D eigenvalue weighted by atomic mass is 16.2. The van der Waals surface area contributed by atoms with E-state index in [1.807, 2.05) is 82.5 Å². The fraction of sp³-hybridized carbons (Fsp3) is 0.240. The first-order valence-electron chi connectivity index (χ1n) is 10.6. The first-order chi connectivity index (χ1) is 15.2. The summed E-state index contributed by atoms with van der Waals surface area (Å²) < 4.78 is 1.85. The molecule has 0 bridgehead atoms. The van der Waals surface area contributed by atoms with E-state index in [9.17, 15) is 9.59 Å². The van der Waals surface area contributed by atoms with Crippen LogP contribution < -0.4 is 5.32 Å². The average Bonchev–Trinajstić information content (AvgIpc) is 3.31. The van der Waals surface area contributed by atoms with Crippen molar-refractivity contribution in [2.24, 2.45) is 5.92 Å². The first-order valence-corrected chi connectivity index (χ1v) is 10.6. The van der Waals surface area contributed by atoms with Gasteiger partial charge in [0.1, 0.15) is 0 Å². The van der Waals surface area contributed by atoms with Gasteiger partial charge in [-0.1, -0.05) is 42.5 Å². The standard InChI is InChI=1S/C25H26N4O2/c30-24(11-10-20-6-2-1-3-7-20)28-16-12-22(13-17-28)25(31)27-23-9-4-8-21(18-23)19-29-15-5-14-26-29/h1-11,14-15,18,22H,12-13,16-17,19H2,(H,27,31)/b11-10+. The van der Waals surface area contributed by atoms with Crippen LogP contribution in [-0.2, 0) is 16.1 Å². The van der Waals surface area contributed by atoms with Crippen LogP contribution in [0.25, 0.3) is 6.08 Å². The number of carbonyl (C=O) groups is 2. The topological polar surface area (TPSA) is 67.2 Å². The SMILES string of the molecule is O=C(Nc1cccc(Cn2cccn2)c1)C1CCN(C(=O)/C=C/c2ccccc2)CC1. The van der Waals surface area contributed by atoms with E-state index < -0.39 is 0 Å². The van der Waals surface area contributed by atoms with Crippen LogP contribution in [0.5, 0.6) is 0 Å². The second kappa shape index (κ2) is 9.89. The molecule has 31 heavy (non-hydrogen) atoms. The maximum absolute atomic E-state index is 12.7. The summed E-state index contributed by atoms with van der Waals surface area (Å²) in [7, 11) is 0. The van der Waals surface area contributed by atoms with Crippen molar-refractivity contribution >= 4 is 23.6 Å². The predicted molar refractivity (Wildman–Crippen MR) is 121 cm³/mol. The minimum absolute atomic E-state index is 0.00552. The van der Waals surface area contributed by atoms with E-state index in [0.29, 0.717) is 32.5 Å². The molecule has 1 N–H and O–H groups in total. The molecule has 4 rings (SSSR count). The molecule has 1 aromatic heterocycles. The molecule has 0 aliphatic carbocycles. The molecule has 1 fully saturated rings. The van der Waals surface area contributed by atoms with E-state index in [0.717, 1.165) is 16.8 Å². The number of nitrogens with zero attached hydrogens (tertiary/aromatic N) is 3. The van der Waals surface area contributed by atoms with Crippen LogP contribution in [0.4, 0.5) is 5.69 Å². The highest BCUT2D eigenvalue weighted by Crippen LogP contribution is 2.21. The molecule has 0 spiro atoms. The number of nitrogens with one attached hydrogen (secondary N) is 1. The van der Waals surface area contributed by atoms with Gasteiger partial charge in [0.2, 0.25) is 11.8 Å². The molecule has 0 radical (unpaired) electrons. The highest BCUT2D eigenvalue weighted by molar-refractivity contribution is 5.94. The molecule has 2 amide bonds. The number of benzene rings is 2. The highest BCUT2D eigenvalue weighted by Gasteiger charge is 2.26. The second-order valence-corrected chi connectivity index (χ2v) is 7.74. The van der Waals surface area contributed by atoms with Gasteiger partial charge in [-0.15, -0.1) is 0 Å². The van der Waals surface area contributed by atoms with Gasteiger partial charge >= 0.3 is 0 Å². The van der Waals surface area contributed by atoms with Crippen LogP contribution in [0.15, 0.2) is 79.1 Å². The van der Waals surface area contributed by atoms with Crippen molar-refractivity contribution in [2.45, 2.75) is 19.4 Å². The van der Waals surface area contributed by atoms with E-state index in [1.165, 1.54) is 0 Å². The summed E-state index contributed by atoms with van der Waals surface area (Å²) in [5.41, 5.74) is 2.87. The summed E-state index contributed by atoms with van der Waals surface area (Å²) in [6.07, 6.45) is 8.45. The fourth-order valence-corrected chi connectivity index (χ4v) is 3.77. The smallest absolute Gasteiger partial charge is 0.246 e. The third-order valence-corrected chi connectivity index (χ3v) is 5.49. The number of likely N-dealkylation sites (tertiary alicyclic amines) is 1. The van der Waals surface area contributed by atoms with Crippen LogP contribution >= 0.6 is 0 Å². The van der Waals surface area contributed by atoms with E-state index in [4.69, 9.17) is 0 Å². The summed E-state index contributed by atoms with van der Waals surface area (Å²) in [5, 5.41) is 7.26. The second-order valence-electron chi connectivity index (χ2n) is 7.74. The Morgan fingerprint density at radius 1 is 1.03 bits per heavy atom. The van der Waals surface area contributed by atoms with Crippen molar-refractivity contribution in [3.8, 4) is 0 Å². The minimum atomic E-state index is -0.0862. The normalized spacial score (nSPS) is 14.6. The van der Waals surface area contributed by atoms with Gasteiger partial charge in [0.25, 0.3) is 0 Å². The molecule has 6 nitrogen and oxygen atoms in total. The van der Waals surface area contributed by atoms with Crippen molar-refractivity contribution < 1.29 is 9.59 Å². The molecule has 2 heterocycles. The van der Waals surface area contributed by atoms with Gasteiger partial charge in [-0.3, -0.25) is 14.3 Å². The molecule has 2 aromatic carbocycles. The number of hydrogen-bond acceptors (Lipinski definition) is 3. The van der Waals surface area contributed by atoms with Crippen molar-refractivity contribution in [1.29, 1.82) is 0 Å². The van der Waals surface area contributed by atoms with Crippen LogP contribution in [-0.4, -0.2) is 39.6 Å². The van der Waals surface area contributed by atoms with Crippen LogP contribution in [0.2, 0.25) is 0 Å². The lowest BCUT2D eigenvalue weighted by molar-refractivity contribution is -0.130. The lowest BCUT2D eigenvalue weighted by Gasteiger charge is -2.30. The van der Waals surface area contributed by atoms with Gasteiger partial charge in [-0.2, -0.15) is 5.10 Å². The third-order valence-electron chi connectivity index (χ3n) is 5.49. The third kappa shape index (κ3) is 5.69. The summed E-state index contributed by atoms with van der Waals surface area (Å²) in [5.74, 6) is -0.0749. The minimum Gasteiger partial charge on any atom is -0.339 e. The van der Waals surface area contributed by atoms with E-state index in [2.05, 4.69) is 10.4 Å². The zero-order valence-electron chi connectivity index (χ0n) is 17.4. The number of anilines is 1. The van der Waals surface area contributed by atoms with Gasteiger partial charge in [-0.25, -0.2) is 0 Å². The lowest BCUT2D eigenvalue weighted by atomic mass is 9.95. The molecular weight excluding hydrogens is 388 g/mol. The number of amides is 2. The Labute approximate surface area is 182 Å². The quantitative estimate of drug-likeness (QED) is 0.624. The number of aromatic nitrogens is 2. The lowest BCUT2D eigenvalue weighted by Crippen LogP contribution is -2.40. The number of piperidine rings is 1. The van der Waals surface area contributed by atoms with Crippen LogP contribution in [0.1, 0.15) is 24.0 Å². The van der Waals surface area contributed by atoms with E-state index in [-0.39, 0.29) is 17.7 Å². The van der Waals surface area contributed by atoms with Gasteiger partial charge < -0.3 is 10.2 Å². The predicted octanol–water partition coefficient (Wildman–Crippen LogP) is 3.82. The zero-order chi connectivity index (χ0) is 21.5. The van der Waals surface area contributed by atoms with Gasteiger partial charge in [0.05, 0.1) is 6.54 Å². The molecule has 0 saturated carbocycles. The van der Waals surface area contributed by atoms with Crippen LogP contribution in [0, 0.1) is 5.92 Å². The Balaban J connectivity index is 1.27. The molecule has 1 aliphatic rings. The molecule has 158 valence electrons. The van der Waals surface area contributed by atoms with Gasteiger partial charge in [0, 0.05) is 43.2 Å². The summed E-state index contributed by atoms with van der Waals surface area (Å²) in [6.45, 7) is 1.85. The van der Waals surface area contributed by atoms with Crippen molar-refractivity contribution in [2.75, 3.05) is 18.4 Å². The summed E-state index contributed by atoms with van der Waals surface area (Å²) in [4.78, 5) is 27.0. The van der Waals surface area contributed by atoms with Crippen molar-refractivity contribution in [3.05, 3.63) is 90.3 Å². The Kier molecular flexibility index (Phi) is 6.57. The molecule has 1 saturated heterocycles. The number of hydrogen-bond donors (Lipinski definition) is 1. The molecular formula is C25H26N4O2. The largest absolute Gasteiger partial charge is 0.339 e. The Hall–Kier alpha value is -3.67. The Morgan fingerprint density at radius 3 is 2.58 bits per heavy atom. The molecule has 1 aliphatic heterocycles. The summed E-state index contributed by atoms with van der Waals surface area (Å²) in [6, 6.07) is 19.5. The van der Waals surface area contributed by atoms with Crippen molar-refractivity contribution in [1.82, 2.24) is 14.7 Å². The maximum Gasteiger partial charge on any atom is 0.246 e. The molecule has 3 aromatic rings. The zero-order valence-corrected chi connectivity index (χ0v) is 17.4. The van der Waals surface area contributed by atoms with E-state index in [1.54, 1.807) is 12.3 Å². The van der Waals surface area contributed by atoms with Crippen molar-refractivity contribution in [3.63, 3.8) is 0 Å². The Bertz CT molecular complexity index is 1040. The van der Waals surface area contributed by atoms with Crippen LogP contribution in [0.3, 0.4) is 0 Å². The van der Waals surface area contributed by atoms with Gasteiger partial charge in [-0.05, 0) is 48.2 Å². The average molecular weight is 415 g/mol. The fourth-order valence-electron chi connectivity index (χ4n) is 3.77. The Morgan fingerprint density at radius 2 is 1.84 bits per heavy atom. The number of rotatable bonds is 6. The molecule has 0 unspecified atom stereocenters. The molecule has 0 atom stereocenters. The van der Waals surface area contributed by atoms with Gasteiger partial charge in [0.15, 0.2) is 0 Å². The number of carbonyl (C=O) groups excluding carboxylic acids is 2. The molecule has 6 heteroatoms. The first kappa shape index (κ1) is 20.6. The monoisotopic (exact) mass is 414 g/mol. The van der Waals surface area contributed by atoms with E-state index >= 15 is 0 Å². The maximum atomic E-state index is 12.7.